The first-order chi connectivity index (χ1) is 15.0. The van der Waals surface area contributed by atoms with Crippen molar-refractivity contribution in [2.24, 2.45) is 0 Å². The molecule has 0 saturated heterocycles. The molecule has 31 heavy (non-hydrogen) atoms. The number of para-hydroxylation sites is 2. The minimum absolute atomic E-state index is 0.152. The summed E-state index contributed by atoms with van der Waals surface area (Å²) < 4.78 is 6.43. The number of anilines is 1. The highest BCUT2D eigenvalue weighted by atomic mass is 16.5. The Kier molecular flexibility index (Phi) is 5.24. The maximum Gasteiger partial charge on any atom is 0.341 e. The van der Waals surface area contributed by atoms with Crippen molar-refractivity contribution >= 4 is 28.6 Å². The smallest absolute Gasteiger partial charge is 0.341 e. The van der Waals surface area contributed by atoms with Gasteiger partial charge in [0.05, 0.1) is 18.3 Å². The standard InChI is InChI=1S/C24H18N2O5/c1-31-16-8-6-7-15(13-16)17-9-2-4-11-20(17)25-24(30)26-14-19(23(28)29)22(27)18-10-3-5-12-21(18)26/h2-14H,1H3,(H,25,30)(H,28,29). The van der Waals surface area contributed by atoms with E-state index in [0.29, 0.717) is 17.0 Å². The maximum atomic E-state index is 13.2. The molecule has 1 aromatic heterocycles. The fourth-order valence-electron chi connectivity index (χ4n) is 3.41. The van der Waals surface area contributed by atoms with Crippen LogP contribution in [0.15, 0.2) is 83.8 Å². The molecule has 0 unspecified atom stereocenters. The zero-order chi connectivity index (χ0) is 22.0. The van der Waals surface area contributed by atoms with Crippen molar-refractivity contribution in [3.8, 4) is 16.9 Å². The summed E-state index contributed by atoms with van der Waals surface area (Å²) in [6, 6.07) is 20.5. The third kappa shape index (κ3) is 3.76. The Balaban J connectivity index is 1.80. The maximum absolute atomic E-state index is 13.2. The highest BCUT2D eigenvalue weighted by molar-refractivity contribution is 6.02. The number of ether oxygens (including phenoxy) is 1. The number of aromatic nitrogens is 1. The number of carbonyl (C=O) groups excluding carboxylic acids is 1. The lowest BCUT2D eigenvalue weighted by molar-refractivity contribution is 0.0695. The summed E-state index contributed by atoms with van der Waals surface area (Å²) in [4.78, 5) is 37.2. The molecule has 3 aromatic carbocycles. The van der Waals surface area contributed by atoms with Crippen LogP contribution in [0, 0.1) is 0 Å². The van der Waals surface area contributed by atoms with E-state index in [9.17, 15) is 19.5 Å². The Bertz CT molecular complexity index is 1370. The molecule has 1 amide bonds. The second kappa shape index (κ2) is 8.16. The van der Waals surface area contributed by atoms with Crippen LogP contribution in [0.3, 0.4) is 0 Å². The quantitative estimate of drug-likeness (QED) is 0.514. The van der Waals surface area contributed by atoms with Crippen LogP contribution in [-0.2, 0) is 0 Å². The molecule has 0 radical (unpaired) electrons. The zero-order valence-electron chi connectivity index (χ0n) is 16.5. The number of nitrogens with zero attached hydrogens (tertiary/aromatic N) is 1. The van der Waals surface area contributed by atoms with Gasteiger partial charge in [-0.15, -0.1) is 0 Å². The highest BCUT2D eigenvalue weighted by Gasteiger charge is 2.18. The molecular formula is C24H18N2O5. The third-order valence-corrected chi connectivity index (χ3v) is 4.91. The van der Waals surface area contributed by atoms with Gasteiger partial charge in [0.15, 0.2) is 0 Å². The Morgan fingerprint density at radius 1 is 0.968 bits per heavy atom. The molecule has 0 atom stereocenters. The van der Waals surface area contributed by atoms with E-state index in [2.05, 4.69) is 5.32 Å². The number of carboxylic acids is 1. The van der Waals surface area contributed by atoms with Gasteiger partial charge in [0.1, 0.15) is 11.3 Å². The van der Waals surface area contributed by atoms with Crippen LogP contribution < -0.4 is 15.5 Å². The Morgan fingerprint density at radius 2 is 1.71 bits per heavy atom. The van der Waals surface area contributed by atoms with Gasteiger partial charge in [0, 0.05) is 17.1 Å². The lowest BCUT2D eigenvalue weighted by atomic mass is 10.0. The number of benzene rings is 3. The van der Waals surface area contributed by atoms with E-state index in [1.54, 1.807) is 37.4 Å². The average Bonchev–Trinajstić information content (AvgIpc) is 2.79. The van der Waals surface area contributed by atoms with Crippen LogP contribution in [-0.4, -0.2) is 28.8 Å². The van der Waals surface area contributed by atoms with Crippen molar-refractivity contribution in [3.63, 3.8) is 0 Å². The molecule has 154 valence electrons. The number of carboxylic acid groups (broad SMARTS) is 1. The molecule has 0 fully saturated rings. The number of aromatic carboxylic acids is 1. The molecule has 2 N–H and O–H groups in total. The first kappa shape index (κ1) is 19.9. The molecule has 7 nitrogen and oxygen atoms in total. The molecular weight excluding hydrogens is 396 g/mol. The fourth-order valence-corrected chi connectivity index (χ4v) is 3.41. The molecule has 0 aliphatic heterocycles. The van der Waals surface area contributed by atoms with Gasteiger partial charge < -0.3 is 15.2 Å². The van der Waals surface area contributed by atoms with E-state index < -0.39 is 23.0 Å². The Hall–Kier alpha value is -4.39. The van der Waals surface area contributed by atoms with Crippen molar-refractivity contribution in [2.75, 3.05) is 12.4 Å². The largest absolute Gasteiger partial charge is 0.497 e. The summed E-state index contributed by atoms with van der Waals surface area (Å²) in [6.45, 7) is 0. The summed E-state index contributed by atoms with van der Waals surface area (Å²) >= 11 is 0. The number of amides is 1. The van der Waals surface area contributed by atoms with Crippen LogP contribution in [0.5, 0.6) is 5.75 Å². The van der Waals surface area contributed by atoms with Crippen LogP contribution in [0.4, 0.5) is 10.5 Å². The van der Waals surface area contributed by atoms with Crippen molar-refractivity contribution in [1.29, 1.82) is 0 Å². The molecule has 0 aliphatic carbocycles. The lowest BCUT2D eigenvalue weighted by Gasteiger charge is -2.15. The van der Waals surface area contributed by atoms with Crippen molar-refractivity contribution < 1.29 is 19.4 Å². The number of pyridine rings is 1. The Morgan fingerprint density at radius 3 is 2.48 bits per heavy atom. The highest BCUT2D eigenvalue weighted by Crippen LogP contribution is 2.30. The first-order valence-electron chi connectivity index (χ1n) is 9.42. The second-order valence-corrected chi connectivity index (χ2v) is 6.77. The van der Waals surface area contributed by atoms with Crippen molar-refractivity contribution in [2.45, 2.75) is 0 Å². The molecule has 0 saturated carbocycles. The summed E-state index contributed by atoms with van der Waals surface area (Å²) in [5.41, 5.74) is 1.33. The zero-order valence-corrected chi connectivity index (χ0v) is 16.5. The van der Waals surface area contributed by atoms with Gasteiger partial charge >= 0.3 is 12.0 Å². The molecule has 1 heterocycles. The molecule has 0 aliphatic rings. The third-order valence-electron chi connectivity index (χ3n) is 4.91. The topological polar surface area (TPSA) is 97.6 Å². The number of methoxy groups -OCH3 is 1. The van der Waals surface area contributed by atoms with Gasteiger partial charge in [-0.2, -0.15) is 0 Å². The summed E-state index contributed by atoms with van der Waals surface area (Å²) in [5, 5.41) is 12.4. The number of rotatable bonds is 4. The number of nitrogens with one attached hydrogen (secondary N) is 1. The summed E-state index contributed by atoms with van der Waals surface area (Å²) in [6.07, 6.45) is 1.05. The average molecular weight is 414 g/mol. The minimum atomic E-state index is -1.39. The predicted molar refractivity (Wildman–Crippen MR) is 118 cm³/mol. The van der Waals surface area contributed by atoms with E-state index in [1.165, 1.54) is 6.07 Å². The number of carbonyl (C=O) groups is 2. The van der Waals surface area contributed by atoms with Crippen molar-refractivity contribution in [1.82, 2.24) is 4.57 Å². The van der Waals surface area contributed by atoms with Gasteiger partial charge in [0.25, 0.3) is 0 Å². The normalized spacial score (nSPS) is 10.6. The van der Waals surface area contributed by atoms with Gasteiger partial charge in [0.2, 0.25) is 5.43 Å². The second-order valence-electron chi connectivity index (χ2n) is 6.77. The van der Waals surface area contributed by atoms with E-state index in [1.807, 2.05) is 36.4 Å². The predicted octanol–water partition coefficient (Wildman–Crippen LogP) is 4.46. The summed E-state index contributed by atoms with van der Waals surface area (Å²) in [5.74, 6) is -0.717. The first-order valence-corrected chi connectivity index (χ1v) is 9.42. The van der Waals surface area contributed by atoms with Crippen LogP contribution in [0.25, 0.3) is 22.0 Å². The van der Waals surface area contributed by atoms with Gasteiger partial charge in [-0.25, -0.2) is 9.59 Å². The molecule has 0 spiro atoms. The van der Waals surface area contributed by atoms with E-state index in [0.717, 1.165) is 21.9 Å². The Labute approximate surface area is 177 Å². The molecule has 7 heteroatoms. The minimum Gasteiger partial charge on any atom is -0.497 e. The van der Waals surface area contributed by atoms with Crippen molar-refractivity contribution in [3.05, 3.63) is 94.8 Å². The SMILES string of the molecule is COc1cccc(-c2ccccc2NC(=O)n2cc(C(=O)O)c(=O)c3ccccc32)c1. The number of fused-ring (bicyclic) bond motifs is 1. The van der Waals surface area contributed by atoms with Gasteiger partial charge in [-0.05, 0) is 35.9 Å². The monoisotopic (exact) mass is 414 g/mol. The molecule has 0 bridgehead atoms. The van der Waals surface area contributed by atoms with E-state index >= 15 is 0 Å². The van der Waals surface area contributed by atoms with E-state index in [4.69, 9.17) is 4.74 Å². The van der Waals surface area contributed by atoms with Gasteiger partial charge in [-0.3, -0.25) is 9.36 Å². The summed E-state index contributed by atoms with van der Waals surface area (Å²) in [7, 11) is 1.58. The van der Waals surface area contributed by atoms with E-state index in [-0.39, 0.29) is 5.39 Å². The van der Waals surface area contributed by atoms with Gasteiger partial charge in [-0.1, -0.05) is 42.5 Å². The van der Waals surface area contributed by atoms with Crippen LogP contribution in [0.2, 0.25) is 0 Å². The van der Waals surface area contributed by atoms with Crippen LogP contribution in [0.1, 0.15) is 10.4 Å². The fraction of sp³-hybridized carbons (Fsp3) is 0.0417. The van der Waals surface area contributed by atoms with Crippen LogP contribution >= 0.6 is 0 Å². The molecule has 4 aromatic rings. The molecule has 4 rings (SSSR count). The number of hydrogen-bond donors (Lipinski definition) is 2. The lowest BCUT2D eigenvalue weighted by Crippen LogP contribution is -2.25. The number of hydrogen-bond acceptors (Lipinski definition) is 4.